The van der Waals surface area contributed by atoms with Crippen molar-refractivity contribution in [2.24, 2.45) is 0 Å². The van der Waals surface area contributed by atoms with Crippen LogP contribution >= 0.6 is 11.6 Å². The number of nitrogen functional groups attached to an aromatic ring is 1. The molecule has 0 aliphatic carbocycles. The molecule has 1 aromatic carbocycles. The molecule has 4 heteroatoms. The SMILES string of the molecule is CC(Nc1cncc(N)c1)c1ccccc1Cl. The molecule has 1 heterocycles. The van der Waals surface area contributed by atoms with Crippen LogP contribution in [0.3, 0.4) is 0 Å². The van der Waals surface area contributed by atoms with E-state index in [0.29, 0.717) is 5.69 Å². The Labute approximate surface area is 106 Å². The number of hydrogen-bond donors (Lipinski definition) is 2. The monoisotopic (exact) mass is 247 g/mol. The highest BCUT2D eigenvalue weighted by Gasteiger charge is 2.08. The molecule has 0 saturated heterocycles. The van der Waals surface area contributed by atoms with Gasteiger partial charge in [-0.2, -0.15) is 0 Å². The zero-order valence-corrected chi connectivity index (χ0v) is 10.3. The Hall–Kier alpha value is -1.74. The first-order valence-electron chi connectivity index (χ1n) is 5.38. The number of nitrogens with zero attached hydrogens (tertiary/aromatic N) is 1. The number of hydrogen-bond acceptors (Lipinski definition) is 3. The van der Waals surface area contributed by atoms with E-state index >= 15 is 0 Å². The molecular weight excluding hydrogens is 234 g/mol. The van der Waals surface area contributed by atoms with Gasteiger partial charge < -0.3 is 11.1 Å². The Morgan fingerprint density at radius 2 is 2.06 bits per heavy atom. The fourth-order valence-corrected chi connectivity index (χ4v) is 1.99. The first-order valence-corrected chi connectivity index (χ1v) is 5.76. The van der Waals surface area contributed by atoms with Crippen molar-refractivity contribution < 1.29 is 0 Å². The topological polar surface area (TPSA) is 50.9 Å². The van der Waals surface area contributed by atoms with Gasteiger partial charge in [-0.15, -0.1) is 0 Å². The van der Waals surface area contributed by atoms with E-state index in [0.717, 1.165) is 16.3 Å². The van der Waals surface area contributed by atoms with Gasteiger partial charge in [0.05, 0.1) is 23.6 Å². The predicted octanol–water partition coefficient (Wildman–Crippen LogP) is 3.49. The van der Waals surface area contributed by atoms with E-state index in [1.165, 1.54) is 0 Å². The van der Waals surface area contributed by atoms with Gasteiger partial charge in [0.2, 0.25) is 0 Å². The molecule has 0 radical (unpaired) electrons. The van der Waals surface area contributed by atoms with Crippen LogP contribution in [0.5, 0.6) is 0 Å². The average Bonchev–Trinajstić information content (AvgIpc) is 2.29. The summed E-state index contributed by atoms with van der Waals surface area (Å²) in [5.41, 5.74) is 8.25. The summed E-state index contributed by atoms with van der Waals surface area (Å²) in [6, 6.07) is 9.72. The number of benzene rings is 1. The molecule has 3 N–H and O–H groups in total. The molecule has 3 nitrogen and oxygen atoms in total. The molecule has 0 aliphatic rings. The summed E-state index contributed by atoms with van der Waals surface area (Å²) in [5.74, 6) is 0. The highest BCUT2D eigenvalue weighted by Crippen LogP contribution is 2.25. The highest BCUT2D eigenvalue weighted by molar-refractivity contribution is 6.31. The lowest BCUT2D eigenvalue weighted by atomic mass is 10.1. The maximum Gasteiger partial charge on any atom is 0.0552 e. The van der Waals surface area contributed by atoms with Crippen molar-refractivity contribution in [3.63, 3.8) is 0 Å². The minimum atomic E-state index is 0.104. The van der Waals surface area contributed by atoms with E-state index in [-0.39, 0.29) is 6.04 Å². The van der Waals surface area contributed by atoms with Gasteiger partial charge in [-0.3, -0.25) is 4.98 Å². The smallest absolute Gasteiger partial charge is 0.0552 e. The summed E-state index contributed by atoms with van der Waals surface area (Å²) in [4.78, 5) is 4.03. The van der Waals surface area contributed by atoms with Crippen molar-refractivity contribution in [2.75, 3.05) is 11.1 Å². The second-order valence-electron chi connectivity index (χ2n) is 3.89. The number of nitrogens with two attached hydrogens (primary N) is 1. The Kier molecular flexibility index (Phi) is 3.49. The molecule has 2 aromatic rings. The van der Waals surface area contributed by atoms with E-state index in [4.69, 9.17) is 17.3 Å². The van der Waals surface area contributed by atoms with Crippen LogP contribution in [0.15, 0.2) is 42.7 Å². The van der Waals surface area contributed by atoms with Crippen LogP contribution in [0.1, 0.15) is 18.5 Å². The minimum absolute atomic E-state index is 0.104. The van der Waals surface area contributed by atoms with Gasteiger partial charge in [-0.1, -0.05) is 29.8 Å². The molecule has 0 fully saturated rings. The van der Waals surface area contributed by atoms with Gasteiger partial charge in [-0.05, 0) is 24.6 Å². The molecule has 0 spiro atoms. The third-order valence-electron chi connectivity index (χ3n) is 2.51. The highest BCUT2D eigenvalue weighted by atomic mass is 35.5. The van der Waals surface area contributed by atoms with Crippen molar-refractivity contribution in [2.45, 2.75) is 13.0 Å². The lowest BCUT2D eigenvalue weighted by Gasteiger charge is -2.16. The summed E-state index contributed by atoms with van der Waals surface area (Å²) in [7, 11) is 0. The molecule has 1 unspecified atom stereocenters. The fourth-order valence-electron chi connectivity index (χ4n) is 1.69. The summed E-state index contributed by atoms with van der Waals surface area (Å²) in [6.45, 7) is 2.05. The number of nitrogens with one attached hydrogen (secondary N) is 1. The molecule has 88 valence electrons. The van der Waals surface area contributed by atoms with Crippen LogP contribution in [0.4, 0.5) is 11.4 Å². The fraction of sp³-hybridized carbons (Fsp3) is 0.154. The molecular formula is C13H14ClN3. The van der Waals surface area contributed by atoms with Crippen LogP contribution < -0.4 is 11.1 Å². The van der Waals surface area contributed by atoms with Crippen LogP contribution in [-0.2, 0) is 0 Å². The van der Waals surface area contributed by atoms with E-state index in [1.54, 1.807) is 12.4 Å². The lowest BCUT2D eigenvalue weighted by Crippen LogP contribution is -2.07. The summed E-state index contributed by atoms with van der Waals surface area (Å²) < 4.78 is 0. The van der Waals surface area contributed by atoms with Crippen molar-refractivity contribution in [3.05, 3.63) is 53.3 Å². The summed E-state index contributed by atoms with van der Waals surface area (Å²) in [6.07, 6.45) is 3.36. The predicted molar refractivity (Wildman–Crippen MR) is 72.1 cm³/mol. The number of aromatic nitrogens is 1. The number of rotatable bonds is 3. The van der Waals surface area contributed by atoms with Gasteiger partial charge in [0.25, 0.3) is 0 Å². The first kappa shape index (κ1) is 11.7. The van der Waals surface area contributed by atoms with E-state index < -0.39 is 0 Å². The number of halogens is 1. The van der Waals surface area contributed by atoms with E-state index in [1.807, 2.05) is 37.3 Å². The van der Waals surface area contributed by atoms with Crippen molar-refractivity contribution in [1.82, 2.24) is 4.98 Å². The van der Waals surface area contributed by atoms with Crippen molar-refractivity contribution >= 4 is 23.0 Å². The normalized spacial score (nSPS) is 12.1. The molecule has 0 bridgehead atoms. The summed E-state index contributed by atoms with van der Waals surface area (Å²) in [5, 5.41) is 4.07. The minimum Gasteiger partial charge on any atom is -0.397 e. The van der Waals surface area contributed by atoms with Crippen molar-refractivity contribution in [3.8, 4) is 0 Å². The second kappa shape index (κ2) is 5.06. The Morgan fingerprint density at radius 1 is 1.29 bits per heavy atom. The lowest BCUT2D eigenvalue weighted by molar-refractivity contribution is 0.883. The number of pyridine rings is 1. The summed E-state index contributed by atoms with van der Waals surface area (Å²) >= 11 is 6.14. The van der Waals surface area contributed by atoms with Gasteiger partial charge in [-0.25, -0.2) is 0 Å². The standard InChI is InChI=1S/C13H14ClN3/c1-9(12-4-2-3-5-13(12)14)17-11-6-10(15)7-16-8-11/h2-9,17H,15H2,1H3. The van der Waals surface area contributed by atoms with Gasteiger partial charge in [0, 0.05) is 11.2 Å². The Balaban J connectivity index is 2.17. The van der Waals surface area contributed by atoms with Gasteiger partial charge >= 0.3 is 0 Å². The largest absolute Gasteiger partial charge is 0.397 e. The van der Waals surface area contributed by atoms with Crippen LogP contribution in [0, 0.1) is 0 Å². The third-order valence-corrected chi connectivity index (χ3v) is 2.86. The quantitative estimate of drug-likeness (QED) is 0.873. The Morgan fingerprint density at radius 3 is 2.76 bits per heavy atom. The molecule has 2 rings (SSSR count). The molecule has 1 atom stereocenters. The zero-order chi connectivity index (χ0) is 12.3. The second-order valence-corrected chi connectivity index (χ2v) is 4.30. The van der Waals surface area contributed by atoms with Crippen LogP contribution in [0.2, 0.25) is 5.02 Å². The molecule has 17 heavy (non-hydrogen) atoms. The van der Waals surface area contributed by atoms with Gasteiger partial charge in [0.15, 0.2) is 0 Å². The maximum atomic E-state index is 6.14. The molecule has 1 aromatic heterocycles. The average molecular weight is 248 g/mol. The molecule has 0 amide bonds. The Bertz CT molecular complexity index is 514. The van der Waals surface area contributed by atoms with E-state index in [2.05, 4.69) is 10.3 Å². The maximum absolute atomic E-state index is 6.14. The van der Waals surface area contributed by atoms with E-state index in [9.17, 15) is 0 Å². The number of anilines is 2. The molecule has 0 saturated carbocycles. The van der Waals surface area contributed by atoms with Gasteiger partial charge in [0.1, 0.15) is 0 Å². The van der Waals surface area contributed by atoms with Crippen molar-refractivity contribution in [1.29, 1.82) is 0 Å². The zero-order valence-electron chi connectivity index (χ0n) is 9.52. The van der Waals surface area contributed by atoms with Crippen LogP contribution in [0.25, 0.3) is 0 Å². The van der Waals surface area contributed by atoms with Crippen LogP contribution in [-0.4, -0.2) is 4.98 Å². The molecule has 0 aliphatic heterocycles. The third kappa shape index (κ3) is 2.88. The first-order chi connectivity index (χ1) is 8.16.